The van der Waals surface area contributed by atoms with Crippen LogP contribution in [0.1, 0.15) is 76.8 Å². The first kappa shape index (κ1) is 25.1. The Kier molecular flexibility index (Phi) is 9.15. The number of ether oxygens (including phenoxy) is 2. The Bertz CT molecular complexity index is 827. The number of nitrogens with zero attached hydrogens (tertiary/aromatic N) is 2. The van der Waals surface area contributed by atoms with Crippen molar-refractivity contribution >= 4 is 17.8 Å². The summed E-state index contributed by atoms with van der Waals surface area (Å²) >= 11 is 0. The number of benzene rings is 1. The van der Waals surface area contributed by atoms with Crippen LogP contribution in [0.25, 0.3) is 0 Å². The van der Waals surface area contributed by atoms with E-state index < -0.39 is 17.9 Å². The van der Waals surface area contributed by atoms with Crippen LogP contribution in [0.2, 0.25) is 0 Å². The molecule has 0 aromatic heterocycles. The molecule has 3 rings (SSSR count). The summed E-state index contributed by atoms with van der Waals surface area (Å²) in [5.74, 6) is -0.394. The van der Waals surface area contributed by atoms with Crippen molar-refractivity contribution < 1.29 is 23.9 Å². The van der Waals surface area contributed by atoms with E-state index in [4.69, 9.17) is 9.47 Å². The molecule has 0 bridgehead atoms. The number of hydrogen-bond acceptors (Lipinski definition) is 5. The van der Waals surface area contributed by atoms with Crippen molar-refractivity contribution in [3.63, 3.8) is 0 Å². The first-order valence-electron chi connectivity index (χ1n) is 12.4. The van der Waals surface area contributed by atoms with E-state index in [1.54, 1.807) is 12.0 Å². The average Bonchev–Trinajstić information content (AvgIpc) is 2.86. The molecular formula is C26H38N2O5. The van der Waals surface area contributed by atoms with Gasteiger partial charge in [-0.25, -0.2) is 0 Å². The molecule has 2 heterocycles. The highest BCUT2D eigenvalue weighted by Crippen LogP contribution is 2.41. The van der Waals surface area contributed by atoms with Gasteiger partial charge in [0, 0.05) is 31.1 Å². The molecule has 1 aromatic carbocycles. The smallest absolute Gasteiger partial charge is 0.311 e. The summed E-state index contributed by atoms with van der Waals surface area (Å²) in [4.78, 5) is 42.6. The molecule has 2 amide bonds. The zero-order chi connectivity index (χ0) is 23.8. The fourth-order valence-electron chi connectivity index (χ4n) is 5.16. The summed E-state index contributed by atoms with van der Waals surface area (Å²) in [6.45, 7) is 5.22. The second kappa shape index (κ2) is 12.1. The normalized spacial score (nSPS) is 23.4. The van der Waals surface area contributed by atoms with Crippen molar-refractivity contribution in [2.24, 2.45) is 5.92 Å². The number of carbonyl (C=O) groups excluding carboxylic acids is 3. The van der Waals surface area contributed by atoms with Crippen molar-refractivity contribution in [2.75, 3.05) is 26.8 Å². The molecule has 2 aliphatic rings. The minimum Gasteiger partial charge on any atom is -0.496 e. The molecule has 3 unspecified atom stereocenters. The van der Waals surface area contributed by atoms with Crippen LogP contribution < -0.4 is 4.74 Å². The van der Waals surface area contributed by atoms with Crippen LogP contribution in [0.4, 0.5) is 0 Å². The molecule has 182 valence electrons. The number of amides is 2. The summed E-state index contributed by atoms with van der Waals surface area (Å²) in [6.07, 6.45) is 6.53. The van der Waals surface area contributed by atoms with Crippen molar-refractivity contribution in [1.29, 1.82) is 0 Å². The van der Waals surface area contributed by atoms with Gasteiger partial charge in [0.1, 0.15) is 5.75 Å². The van der Waals surface area contributed by atoms with Crippen molar-refractivity contribution in [1.82, 2.24) is 9.80 Å². The third-order valence-corrected chi connectivity index (χ3v) is 6.98. The van der Waals surface area contributed by atoms with E-state index in [0.29, 0.717) is 25.1 Å². The largest absolute Gasteiger partial charge is 0.496 e. The van der Waals surface area contributed by atoms with Crippen molar-refractivity contribution in [3.8, 4) is 5.75 Å². The molecule has 2 saturated heterocycles. The lowest BCUT2D eigenvalue weighted by Crippen LogP contribution is -2.48. The van der Waals surface area contributed by atoms with Crippen LogP contribution in [-0.4, -0.2) is 60.4 Å². The first-order chi connectivity index (χ1) is 16.0. The van der Waals surface area contributed by atoms with Gasteiger partial charge in [-0.15, -0.1) is 0 Å². The van der Waals surface area contributed by atoms with Crippen molar-refractivity contribution in [2.45, 2.75) is 77.3 Å². The van der Waals surface area contributed by atoms with Crippen LogP contribution in [0, 0.1) is 5.92 Å². The fourth-order valence-corrected chi connectivity index (χ4v) is 5.16. The highest BCUT2D eigenvalue weighted by atomic mass is 16.5. The number of esters is 1. The molecule has 1 aromatic rings. The van der Waals surface area contributed by atoms with Crippen LogP contribution in [0.5, 0.6) is 5.75 Å². The highest BCUT2D eigenvalue weighted by molar-refractivity contribution is 5.85. The molecule has 2 fully saturated rings. The first-order valence-corrected chi connectivity index (χ1v) is 12.4. The second-order valence-corrected chi connectivity index (χ2v) is 9.03. The van der Waals surface area contributed by atoms with E-state index in [1.807, 2.05) is 29.2 Å². The van der Waals surface area contributed by atoms with Crippen LogP contribution in [-0.2, 0) is 19.1 Å². The van der Waals surface area contributed by atoms with E-state index in [-0.39, 0.29) is 24.5 Å². The molecule has 33 heavy (non-hydrogen) atoms. The van der Waals surface area contributed by atoms with Gasteiger partial charge >= 0.3 is 5.97 Å². The maximum Gasteiger partial charge on any atom is 0.311 e. The number of hydrogen-bond donors (Lipinski definition) is 0. The predicted octanol–water partition coefficient (Wildman–Crippen LogP) is 4.11. The number of likely N-dealkylation sites (tertiary alicyclic amines) is 2. The molecule has 0 saturated carbocycles. The van der Waals surface area contributed by atoms with Gasteiger partial charge in [0.15, 0.2) is 6.61 Å². The Labute approximate surface area is 197 Å². The number of piperidine rings is 2. The van der Waals surface area contributed by atoms with E-state index in [1.165, 1.54) is 0 Å². The lowest BCUT2D eigenvalue weighted by molar-refractivity contribution is -0.162. The van der Waals surface area contributed by atoms with Crippen molar-refractivity contribution in [3.05, 3.63) is 29.8 Å². The Hall–Kier alpha value is -2.57. The molecule has 0 spiro atoms. The zero-order valence-corrected chi connectivity index (χ0v) is 20.3. The monoisotopic (exact) mass is 458 g/mol. The van der Waals surface area contributed by atoms with E-state index in [0.717, 1.165) is 50.6 Å². The van der Waals surface area contributed by atoms with Gasteiger partial charge in [-0.05, 0) is 44.6 Å². The van der Waals surface area contributed by atoms with Gasteiger partial charge in [-0.1, -0.05) is 38.5 Å². The number of para-hydroxylation sites is 1. The van der Waals surface area contributed by atoms with Crippen LogP contribution >= 0.6 is 0 Å². The second-order valence-electron chi connectivity index (χ2n) is 9.03. The summed E-state index contributed by atoms with van der Waals surface area (Å²) < 4.78 is 11.2. The van der Waals surface area contributed by atoms with Gasteiger partial charge in [0.05, 0.1) is 19.1 Å². The minimum atomic E-state index is -0.535. The molecule has 0 radical (unpaired) electrons. The Morgan fingerprint density at radius 3 is 2.64 bits per heavy atom. The molecule has 3 atom stereocenters. The van der Waals surface area contributed by atoms with Crippen LogP contribution in [0.3, 0.4) is 0 Å². The Morgan fingerprint density at radius 1 is 1.12 bits per heavy atom. The lowest BCUT2D eigenvalue weighted by atomic mass is 9.83. The maximum atomic E-state index is 13.3. The molecule has 7 heteroatoms. The maximum absolute atomic E-state index is 13.3. The number of rotatable bonds is 9. The predicted molar refractivity (Wildman–Crippen MR) is 126 cm³/mol. The number of carbonyl (C=O) groups is 3. The highest BCUT2D eigenvalue weighted by Gasteiger charge is 2.42. The van der Waals surface area contributed by atoms with Crippen LogP contribution in [0.15, 0.2) is 24.3 Å². The van der Waals surface area contributed by atoms with E-state index >= 15 is 0 Å². The Balaban J connectivity index is 1.78. The average molecular weight is 459 g/mol. The quantitative estimate of drug-likeness (QED) is 0.521. The molecule has 0 N–H and O–H groups in total. The molecule has 7 nitrogen and oxygen atoms in total. The minimum absolute atomic E-state index is 0.0404. The summed E-state index contributed by atoms with van der Waals surface area (Å²) in [5.41, 5.74) is 0.805. The van der Waals surface area contributed by atoms with E-state index in [2.05, 4.69) is 13.8 Å². The summed E-state index contributed by atoms with van der Waals surface area (Å²) in [6, 6.07) is 7.28. The zero-order valence-electron chi connectivity index (χ0n) is 20.3. The van der Waals surface area contributed by atoms with Gasteiger partial charge in [0.25, 0.3) is 5.91 Å². The fraction of sp³-hybridized carbons (Fsp3) is 0.654. The summed E-state index contributed by atoms with van der Waals surface area (Å²) in [7, 11) is 1.59. The molecule has 2 aliphatic heterocycles. The number of unbranched alkanes of at least 4 members (excludes halogenated alkanes) is 1. The van der Waals surface area contributed by atoms with Gasteiger partial charge < -0.3 is 19.3 Å². The lowest BCUT2D eigenvalue weighted by Gasteiger charge is -2.41. The van der Waals surface area contributed by atoms with Gasteiger partial charge in [-0.3, -0.25) is 14.4 Å². The third-order valence-electron chi connectivity index (χ3n) is 6.98. The molecular weight excluding hydrogens is 420 g/mol. The molecule has 0 aliphatic carbocycles. The van der Waals surface area contributed by atoms with Gasteiger partial charge in [-0.2, -0.15) is 0 Å². The third kappa shape index (κ3) is 5.87. The summed E-state index contributed by atoms with van der Waals surface area (Å²) in [5, 5.41) is 0. The van der Waals surface area contributed by atoms with E-state index in [9.17, 15) is 14.4 Å². The topological polar surface area (TPSA) is 76.2 Å². The Morgan fingerprint density at radius 2 is 1.91 bits per heavy atom. The standard InChI is InChI=1S/C26H38N2O5/c1-4-6-16-28-23(29)15-14-21(25(28)20-12-7-8-13-22(20)32-3)26(31)33-18-24(30)27-17-10-9-11-19(27)5-2/h7-8,12-13,19,21,25H,4-6,9-11,14-18H2,1-3H3. The van der Waals surface area contributed by atoms with Gasteiger partial charge in [0.2, 0.25) is 5.91 Å². The SMILES string of the molecule is CCCCN1C(=O)CCC(C(=O)OCC(=O)N2CCCCC2CC)C1c1ccccc1OC. The number of methoxy groups -OCH3 is 1.